The Hall–Kier alpha value is -1.62. The van der Waals surface area contributed by atoms with E-state index in [1.165, 1.54) is 23.9 Å². The van der Waals surface area contributed by atoms with E-state index in [2.05, 4.69) is 14.7 Å². The third-order valence-electron chi connectivity index (χ3n) is 1.71. The van der Waals surface area contributed by atoms with Crippen LogP contribution in [0.1, 0.15) is 10.5 Å². The van der Waals surface area contributed by atoms with Crippen molar-refractivity contribution in [3.63, 3.8) is 0 Å². The van der Waals surface area contributed by atoms with Crippen LogP contribution in [0.2, 0.25) is 5.15 Å². The molecule has 0 bridgehead atoms. The molecule has 0 fully saturated rings. The van der Waals surface area contributed by atoms with Crippen molar-refractivity contribution >= 4 is 23.3 Å². The van der Waals surface area contributed by atoms with E-state index in [1.807, 2.05) is 0 Å². The van der Waals surface area contributed by atoms with Gasteiger partial charge in [0.2, 0.25) is 5.78 Å². The van der Waals surface area contributed by atoms with Gasteiger partial charge in [-0.1, -0.05) is 11.6 Å². The maximum absolute atomic E-state index is 11.1. The van der Waals surface area contributed by atoms with Crippen molar-refractivity contribution < 1.29 is 9.53 Å². The van der Waals surface area contributed by atoms with Gasteiger partial charge in [0.05, 0.1) is 7.11 Å². The number of aromatic nitrogens is 3. The number of ether oxygens (including phenoxy) is 1. The predicted molar refractivity (Wildman–Crippen MR) is 49.3 cm³/mol. The summed E-state index contributed by atoms with van der Waals surface area (Å²) >= 11 is 5.85. The average molecular weight is 212 g/mol. The lowest BCUT2D eigenvalue weighted by molar-refractivity contribution is 0.0595. The van der Waals surface area contributed by atoms with Crippen molar-refractivity contribution in [2.45, 2.75) is 0 Å². The number of rotatable bonds is 1. The number of hydrogen-bond donors (Lipinski definition) is 0. The minimum absolute atomic E-state index is 0.188. The van der Waals surface area contributed by atoms with Crippen LogP contribution in [-0.2, 0) is 4.74 Å². The number of hydrogen-bond acceptors (Lipinski definition) is 4. The fraction of sp³-hybridized carbons (Fsp3) is 0.125. The molecule has 0 amide bonds. The van der Waals surface area contributed by atoms with Crippen molar-refractivity contribution in [2.24, 2.45) is 0 Å². The van der Waals surface area contributed by atoms with Crippen LogP contribution < -0.4 is 0 Å². The summed E-state index contributed by atoms with van der Waals surface area (Å²) in [6.45, 7) is 0. The van der Waals surface area contributed by atoms with Crippen molar-refractivity contribution in [2.75, 3.05) is 7.11 Å². The smallest absolute Gasteiger partial charge is 0.358 e. The summed E-state index contributed by atoms with van der Waals surface area (Å²) in [4.78, 5) is 19.0. The fourth-order valence-corrected chi connectivity index (χ4v) is 1.25. The molecule has 0 spiro atoms. The van der Waals surface area contributed by atoms with Crippen molar-refractivity contribution in [3.05, 3.63) is 29.3 Å². The van der Waals surface area contributed by atoms with Gasteiger partial charge in [-0.15, -0.1) is 0 Å². The van der Waals surface area contributed by atoms with Gasteiger partial charge in [0.1, 0.15) is 5.15 Å². The van der Waals surface area contributed by atoms with Gasteiger partial charge in [-0.25, -0.2) is 14.8 Å². The van der Waals surface area contributed by atoms with E-state index in [0.29, 0.717) is 10.9 Å². The van der Waals surface area contributed by atoms with Crippen molar-refractivity contribution in [1.29, 1.82) is 0 Å². The molecule has 72 valence electrons. The summed E-state index contributed by atoms with van der Waals surface area (Å²) in [7, 11) is 1.29. The van der Waals surface area contributed by atoms with Gasteiger partial charge in [0.25, 0.3) is 0 Å². The normalized spacial score (nSPS) is 10.4. The Balaban J connectivity index is 2.62. The van der Waals surface area contributed by atoms with E-state index < -0.39 is 5.97 Å². The summed E-state index contributed by atoms with van der Waals surface area (Å²) in [6, 6.07) is 1.61. The zero-order valence-corrected chi connectivity index (χ0v) is 8.02. The van der Waals surface area contributed by atoms with Gasteiger partial charge < -0.3 is 4.74 Å². The van der Waals surface area contributed by atoms with Crippen LogP contribution in [-0.4, -0.2) is 27.4 Å². The average Bonchev–Trinajstić information content (AvgIpc) is 2.62. The molecular weight excluding hydrogens is 206 g/mol. The van der Waals surface area contributed by atoms with Crippen LogP contribution in [0.5, 0.6) is 0 Å². The fourth-order valence-electron chi connectivity index (χ4n) is 1.07. The van der Waals surface area contributed by atoms with Crippen LogP contribution in [0.25, 0.3) is 5.78 Å². The maximum atomic E-state index is 11.1. The van der Waals surface area contributed by atoms with Gasteiger partial charge in [-0.05, 0) is 6.07 Å². The number of halogens is 1. The summed E-state index contributed by atoms with van der Waals surface area (Å²) in [6.07, 6.45) is 3.00. The van der Waals surface area contributed by atoms with E-state index >= 15 is 0 Å². The zero-order chi connectivity index (χ0) is 10.1. The van der Waals surface area contributed by atoms with Gasteiger partial charge in [0, 0.05) is 12.4 Å². The number of carbonyl (C=O) groups is 1. The second-order valence-corrected chi connectivity index (χ2v) is 2.94. The number of nitrogens with zero attached hydrogens (tertiary/aromatic N) is 3. The van der Waals surface area contributed by atoms with Crippen molar-refractivity contribution in [3.8, 4) is 0 Å². The lowest BCUT2D eigenvalue weighted by Gasteiger charge is -1.92. The summed E-state index contributed by atoms with van der Waals surface area (Å²) < 4.78 is 6.03. The molecule has 0 aliphatic carbocycles. The molecular formula is C8H6ClN3O2. The van der Waals surface area contributed by atoms with Gasteiger partial charge >= 0.3 is 5.97 Å². The molecule has 2 heterocycles. The molecule has 2 rings (SSSR count). The number of carbonyl (C=O) groups excluding carboxylic acids is 1. The lowest BCUT2D eigenvalue weighted by Crippen LogP contribution is -2.00. The van der Waals surface area contributed by atoms with E-state index in [-0.39, 0.29) is 5.69 Å². The molecule has 6 heteroatoms. The minimum atomic E-state index is -0.508. The van der Waals surface area contributed by atoms with Gasteiger partial charge in [0.15, 0.2) is 5.69 Å². The highest BCUT2D eigenvalue weighted by molar-refractivity contribution is 6.29. The van der Waals surface area contributed by atoms with Crippen LogP contribution in [0.3, 0.4) is 0 Å². The van der Waals surface area contributed by atoms with E-state index in [0.717, 1.165) is 0 Å². The third-order valence-corrected chi connectivity index (χ3v) is 2.02. The SMILES string of the molecule is COC(=O)c1cn2c(Cl)ccnc2n1. The Labute approximate surface area is 84.3 Å². The number of fused-ring (bicyclic) bond motifs is 1. The number of methoxy groups -OCH3 is 1. The van der Waals surface area contributed by atoms with Crippen LogP contribution in [0, 0.1) is 0 Å². The molecule has 0 aromatic carbocycles. The first-order chi connectivity index (χ1) is 6.72. The molecule has 0 atom stereocenters. The van der Waals surface area contributed by atoms with Gasteiger partial charge in [-0.2, -0.15) is 0 Å². The predicted octanol–water partition coefficient (Wildman–Crippen LogP) is 1.17. The highest BCUT2D eigenvalue weighted by atomic mass is 35.5. The highest BCUT2D eigenvalue weighted by Crippen LogP contribution is 2.11. The van der Waals surface area contributed by atoms with E-state index in [1.54, 1.807) is 6.07 Å². The van der Waals surface area contributed by atoms with Crippen molar-refractivity contribution in [1.82, 2.24) is 14.4 Å². The summed E-state index contributed by atoms with van der Waals surface area (Å²) in [5.41, 5.74) is 0.188. The second kappa shape index (κ2) is 3.26. The first kappa shape index (κ1) is 8.96. The van der Waals surface area contributed by atoms with Crippen LogP contribution in [0.4, 0.5) is 0 Å². The first-order valence-corrected chi connectivity index (χ1v) is 4.18. The Morgan fingerprint density at radius 1 is 1.64 bits per heavy atom. The van der Waals surface area contributed by atoms with Crippen LogP contribution in [0.15, 0.2) is 18.5 Å². The molecule has 2 aromatic heterocycles. The highest BCUT2D eigenvalue weighted by Gasteiger charge is 2.12. The molecule has 14 heavy (non-hydrogen) atoms. The first-order valence-electron chi connectivity index (χ1n) is 3.80. The minimum Gasteiger partial charge on any atom is -0.464 e. The number of esters is 1. The maximum Gasteiger partial charge on any atom is 0.358 e. The molecule has 2 aromatic rings. The van der Waals surface area contributed by atoms with E-state index in [9.17, 15) is 4.79 Å². The zero-order valence-electron chi connectivity index (χ0n) is 7.27. The van der Waals surface area contributed by atoms with E-state index in [4.69, 9.17) is 11.6 Å². The largest absolute Gasteiger partial charge is 0.464 e. The summed E-state index contributed by atoms with van der Waals surface area (Å²) in [5.74, 6) is -0.135. The molecule has 0 saturated carbocycles. The molecule has 5 nitrogen and oxygen atoms in total. The molecule has 0 aliphatic rings. The third kappa shape index (κ3) is 1.31. The number of imidazole rings is 1. The Morgan fingerprint density at radius 3 is 3.07 bits per heavy atom. The molecule has 0 radical (unpaired) electrons. The molecule has 0 saturated heterocycles. The quantitative estimate of drug-likeness (QED) is 0.525. The summed E-state index contributed by atoms with van der Waals surface area (Å²) in [5, 5.41) is 0.442. The van der Waals surface area contributed by atoms with Gasteiger partial charge in [-0.3, -0.25) is 4.40 Å². The standard InChI is InChI=1S/C8H6ClN3O2/c1-14-7(13)5-4-12-6(9)2-3-10-8(12)11-5/h2-4H,1H3. The van der Waals surface area contributed by atoms with Crippen LogP contribution >= 0.6 is 11.6 Å². The monoisotopic (exact) mass is 211 g/mol. The Bertz CT molecular complexity index is 494. The Kier molecular flexibility index (Phi) is 2.09. The lowest BCUT2D eigenvalue weighted by atomic mass is 10.5. The molecule has 0 N–H and O–H groups in total. The Morgan fingerprint density at radius 2 is 2.43 bits per heavy atom. The molecule has 0 unspecified atom stereocenters. The molecule has 0 aliphatic heterocycles. The topological polar surface area (TPSA) is 56.5 Å². The second-order valence-electron chi connectivity index (χ2n) is 2.56.